The van der Waals surface area contributed by atoms with E-state index in [-0.39, 0.29) is 29.2 Å². The molecule has 2 rings (SSSR count). The minimum Gasteiger partial charge on any atom is -0.317 e. The van der Waals surface area contributed by atoms with Crippen molar-refractivity contribution in [2.75, 3.05) is 18.8 Å². The Morgan fingerprint density at radius 3 is 2.26 bits per heavy atom. The van der Waals surface area contributed by atoms with Crippen LogP contribution in [0.4, 0.5) is 0 Å². The van der Waals surface area contributed by atoms with E-state index < -0.39 is 9.84 Å². The van der Waals surface area contributed by atoms with E-state index in [0.717, 1.165) is 25.9 Å². The smallest absolute Gasteiger partial charge is 0.247 e. The summed E-state index contributed by atoms with van der Waals surface area (Å²) in [6.45, 7) is 5.37. The molecule has 0 radical (unpaired) electrons. The van der Waals surface area contributed by atoms with Crippen LogP contribution in [-0.2, 0) is 9.84 Å². The molecule has 1 aliphatic rings. The van der Waals surface area contributed by atoms with Gasteiger partial charge in [0, 0.05) is 11.4 Å². The lowest BCUT2D eigenvalue weighted by molar-refractivity contribution is 0.400. The van der Waals surface area contributed by atoms with Gasteiger partial charge in [0.25, 0.3) is 0 Å². The molecule has 0 bridgehead atoms. The van der Waals surface area contributed by atoms with E-state index in [4.69, 9.17) is 0 Å². The summed E-state index contributed by atoms with van der Waals surface area (Å²) < 4.78 is 24.5. The van der Waals surface area contributed by atoms with Crippen molar-refractivity contribution in [3.63, 3.8) is 0 Å². The lowest BCUT2D eigenvalue weighted by atomic mass is 10.0. The van der Waals surface area contributed by atoms with Gasteiger partial charge >= 0.3 is 0 Å². The predicted molar refractivity (Wildman–Crippen MR) is 76.4 cm³/mol. The Bertz CT molecular complexity index is 508. The van der Waals surface area contributed by atoms with Gasteiger partial charge in [-0.25, -0.2) is 18.4 Å². The first-order valence-corrected chi connectivity index (χ1v) is 7.88. The number of sulfone groups is 1. The van der Waals surface area contributed by atoms with Gasteiger partial charge in [-0.15, -0.1) is 12.4 Å². The van der Waals surface area contributed by atoms with Crippen molar-refractivity contribution in [2.24, 2.45) is 5.92 Å². The lowest BCUT2D eigenvalue weighted by Gasteiger charge is -2.21. The van der Waals surface area contributed by atoms with E-state index in [1.54, 1.807) is 19.9 Å². The third-order valence-electron chi connectivity index (χ3n) is 3.15. The average Bonchev–Trinajstić information content (AvgIpc) is 2.28. The van der Waals surface area contributed by atoms with Crippen LogP contribution < -0.4 is 5.32 Å². The van der Waals surface area contributed by atoms with Crippen LogP contribution in [0, 0.1) is 19.8 Å². The Labute approximate surface area is 120 Å². The second kappa shape index (κ2) is 6.63. The van der Waals surface area contributed by atoms with Crippen molar-refractivity contribution in [3.05, 3.63) is 17.5 Å². The summed E-state index contributed by atoms with van der Waals surface area (Å²) in [4.78, 5) is 8.11. The van der Waals surface area contributed by atoms with Crippen LogP contribution in [0.3, 0.4) is 0 Å². The van der Waals surface area contributed by atoms with Crippen molar-refractivity contribution in [2.45, 2.75) is 31.8 Å². The number of piperidine rings is 1. The van der Waals surface area contributed by atoms with E-state index >= 15 is 0 Å². The van der Waals surface area contributed by atoms with Gasteiger partial charge in [-0.05, 0) is 51.8 Å². The first kappa shape index (κ1) is 16.3. The van der Waals surface area contributed by atoms with Crippen molar-refractivity contribution in [1.29, 1.82) is 0 Å². The minimum atomic E-state index is -3.35. The van der Waals surface area contributed by atoms with E-state index in [0.29, 0.717) is 11.4 Å². The third kappa shape index (κ3) is 4.40. The van der Waals surface area contributed by atoms with Crippen LogP contribution in [-0.4, -0.2) is 37.2 Å². The molecule has 0 aromatic carbocycles. The Balaban J connectivity index is 0.00000180. The number of nitrogens with zero attached hydrogens (tertiary/aromatic N) is 2. The summed E-state index contributed by atoms with van der Waals surface area (Å²) >= 11 is 0. The van der Waals surface area contributed by atoms with Gasteiger partial charge in [0.1, 0.15) is 0 Å². The SMILES string of the molecule is Cc1cc(C)nc(S(=O)(=O)CC2CCNCC2)n1.Cl. The van der Waals surface area contributed by atoms with E-state index in [1.807, 2.05) is 0 Å². The summed E-state index contributed by atoms with van der Waals surface area (Å²) in [6, 6.07) is 1.78. The third-order valence-corrected chi connectivity index (χ3v) is 4.80. The molecular weight excluding hydrogens is 286 g/mol. The Morgan fingerprint density at radius 1 is 1.21 bits per heavy atom. The number of hydrogen-bond donors (Lipinski definition) is 1. The van der Waals surface area contributed by atoms with Crippen molar-refractivity contribution >= 4 is 22.2 Å². The summed E-state index contributed by atoms with van der Waals surface area (Å²) in [5, 5.41) is 3.22. The number of nitrogens with one attached hydrogen (secondary N) is 1. The largest absolute Gasteiger partial charge is 0.317 e. The molecule has 0 spiro atoms. The van der Waals surface area contributed by atoms with Gasteiger partial charge in [0.05, 0.1) is 5.75 Å². The number of aromatic nitrogens is 2. The molecule has 1 N–H and O–H groups in total. The summed E-state index contributed by atoms with van der Waals surface area (Å²) in [5.74, 6) is 0.387. The summed E-state index contributed by atoms with van der Waals surface area (Å²) in [5.41, 5.74) is 1.40. The zero-order valence-electron chi connectivity index (χ0n) is 11.2. The molecule has 0 atom stereocenters. The van der Waals surface area contributed by atoms with Crippen molar-refractivity contribution in [3.8, 4) is 0 Å². The highest BCUT2D eigenvalue weighted by Crippen LogP contribution is 2.18. The monoisotopic (exact) mass is 305 g/mol. The summed E-state index contributed by atoms with van der Waals surface area (Å²) in [7, 11) is -3.35. The van der Waals surface area contributed by atoms with Crippen LogP contribution in [0.1, 0.15) is 24.2 Å². The van der Waals surface area contributed by atoms with Crippen LogP contribution in [0.25, 0.3) is 0 Å². The molecule has 1 saturated heterocycles. The normalized spacial score (nSPS) is 16.9. The number of rotatable bonds is 3. The van der Waals surface area contributed by atoms with Crippen LogP contribution >= 0.6 is 12.4 Å². The zero-order valence-corrected chi connectivity index (χ0v) is 12.9. The molecule has 19 heavy (non-hydrogen) atoms. The Morgan fingerprint density at radius 2 is 1.74 bits per heavy atom. The average molecular weight is 306 g/mol. The standard InChI is InChI=1S/C12H19N3O2S.ClH/c1-9-7-10(2)15-12(14-9)18(16,17)8-11-3-5-13-6-4-11;/h7,11,13H,3-6,8H2,1-2H3;1H. The van der Waals surface area contributed by atoms with Gasteiger partial charge in [0.2, 0.25) is 15.0 Å². The molecule has 1 aromatic rings. The van der Waals surface area contributed by atoms with Crippen LogP contribution in [0.15, 0.2) is 11.2 Å². The molecule has 0 amide bonds. The van der Waals surface area contributed by atoms with Gasteiger partial charge in [-0.2, -0.15) is 0 Å². The molecule has 7 heteroatoms. The first-order chi connectivity index (χ1) is 8.47. The van der Waals surface area contributed by atoms with E-state index in [1.165, 1.54) is 0 Å². The summed E-state index contributed by atoms with van der Waals surface area (Å²) in [6.07, 6.45) is 1.81. The topological polar surface area (TPSA) is 72.0 Å². The lowest BCUT2D eigenvalue weighted by Crippen LogP contribution is -2.31. The number of aryl methyl sites for hydroxylation is 2. The molecule has 0 unspecified atom stereocenters. The Hall–Kier alpha value is -0.720. The fraction of sp³-hybridized carbons (Fsp3) is 0.667. The van der Waals surface area contributed by atoms with E-state index in [2.05, 4.69) is 15.3 Å². The Kier molecular flexibility index (Phi) is 5.70. The molecule has 0 aliphatic carbocycles. The van der Waals surface area contributed by atoms with Crippen molar-refractivity contribution in [1.82, 2.24) is 15.3 Å². The molecule has 1 aromatic heterocycles. The molecule has 0 saturated carbocycles. The molecular formula is C12H20ClN3O2S. The maximum absolute atomic E-state index is 12.3. The highest BCUT2D eigenvalue weighted by atomic mass is 35.5. The quantitative estimate of drug-likeness (QED) is 0.852. The number of halogens is 1. The van der Waals surface area contributed by atoms with E-state index in [9.17, 15) is 8.42 Å². The molecule has 1 fully saturated rings. The molecule has 108 valence electrons. The van der Waals surface area contributed by atoms with Gasteiger partial charge in [0.15, 0.2) is 0 Å². The van der Waals surface area contributed by atoms with Crippen molar-refractivity contribution < 1.29 is 8.42 Å². The fourth-order valence-corrected chi connectivity index (χ4v) is 3.94. The first-order valence-electron chi connectivity index (χ1n) is 6.23. The van der Waals surface area contributed by atoms with Gasteiger partial charge in [-0.3, -0.25) is 0 Å². The van der Waals surface area contributed by atoms with Gasteiger partial charge < -0.3 is 5.32 Å². The zero-order chi connectivity index (χ0) is 13.2. The second-order valence-electron chi connectivity index (χ2n) is 4.91. The fourth-order valence-electron chi connectivity index (χ4n) is 2.27. The highest BCUT2D eigenvalue weighted by Gasteiger charge is 2.25. The van der Waals surface area contributed by atoms with Gasteiger partial charge in [-0.1, -0.05) is 0 Å². The molecule has 1 aliphatic heterocycles. The molecule has 5 nitrogen and oxygen atoms in total. The van der Waals surface area contributed by atoms with Crippen LogP contribution in [0.5, 0.6) is 0 Å². The maximum atomic E-state index is 12.3. The molecule has 2 heterocycles. The predicted octanol–water partition coefficient (Wildman–Crippen LogP) is 1.29. The second-order valence-corrected chi connectivity index (χ2v) is 6.84. The van der Waals surface area contributed by atoms with Crippen LogP contribution in [0.2, 0.25) is 0 Å². The number of hydrogen-bond acceptors (Lipinski definition) is 5. The highest BCUT2D eigenvalue weighted by molar-refractivity contribution is 7.91. The maximum Gasteiger partial charge on any atom is 0.247 e. The minimum absolute atomic E-state index is 0.